The predicted octanol–water partition coefficient (Wildman–Crippen LogP) is 2.68. The number of hydrogen-bond acceptors (Lipinski definition) is 2. The molecule has 0 radical (unpaired) electrons. The van der Waals surface area contributed by atoms with Gasteiger partial charge in [0.25, 0.3) is 0 Å². The Morgan fingerprint density at radius 2 is 1.54 bits per heavy atom. The van der Waals surface area contributed by atoms with Crippen molar-refractivity contribution in [2.45, 2.75) is 62.9 Å². The summed E-state index contributed by atoms with van der Waals surface area (Å²) in [7, 11) is 0. The highest BCUT2D eigenvalue weighted by molar-refractivity contribution is 14.1. The number of likely N-dealkylation sites (tertiary alicyclic amines) is 1. The highest BCUT2D eigenvalue weighted by Crippen LogP contribution is 2.55. The van der Waals surface area contributed by atoms with Crippen molar-refractivity contribution in [3.63, 3.8) is 0 Å². The van der Waals surface area contributed by atoms with Crippen LogP contribution in [0, 0.1) is 17.8 Å². The molecule has 1 heterocycles. The SMILES string of the molecule is O=C(NC1CCN(C(=O)CI)CC1)NC12CC3CC(CC(C3)C1)C2. The Bertz CT molecular complexity index is 481. The van der Waals surface area contributed by atoms with Crippen molar-refractivity contribution in [3.8, 4) is 0 Å². The van der Waals surface area contributed by atoms with Crippen molar-refractivity contribution in [2.24, 2.45) is 17.8 Å². The van der Waals surface area contributed by atoms with E-state index in [2.05, 4.69) is 33.2 Å². The van der Waals surface area contributed by atoms with Gasteiger partial charge < -0.3 is 15.5 Å². The van der Waals surface area contributed by atoms with Gasteiger partial charge >= 0.3 is 6.03 Å². The van der Waals surface area contributed by atoms with Crippen molar-refractivity contribution in [2.75, 3.05) is 17.5 Å². The molecule has 3 amide bonds. The molecule has 0 spiro atoms. The molecule has 5 rings (SSSR count). The summed E-state index contributed by atoms with van der Waals surface area (Å²) in [6.07, 6.45) is 9.50. The van der Waals surface area contributed by atoms with E-state index in [0.29, 0.717) is 4.43 Å². The lowest BCUT2D eigenvalue weighted by atomic mass is 9.53. The van der Waals surface area contributed by atoms with E-state index in [0.717, 1.165) is 43.7 Å². The van der Waals surface area contributed by atoms with Crippen LogP contribution in [-0.4, -0.2) is 45.9 Å². The Kier molecular flexibility index (Phi) is 4.69. The number of hydrogen-bond donors (Lipinski definition) is 2. The van der Waals surface area contributed by atoms with Gasteiger partial charge in [0.2, 0.25) is 5.91 Å². The predicted molar refractivity (Wildman–Crippen MR) is 101 cm³/mol. The van der Waals surface area contributed by atoms with E-state index in [1.807, 2.05) is 4.90 Å². The smallest absolute Gasteiger partial charge is 0.315 e. The third-order valence-corrected chi connectivity index (χ3v) is 7.37. The fourth-order valence-electron chi connectivity index (χ4n) is 6.08. The molecule has 4 aliphatic carbocycles. The topological polar surface area (TPSA) is 61.4 Å². The summed E-state index contributed by atoms with van der Waals surface area (Å²) in [5.74, 6) is 2.75. The molecule has 134 valence electrons. The molecule has 4 bridgehead atoms. The van der Waals surface area contributed by atoms with Gasteiger partial charge in [-0.3, -0.25) is 4.79 Å². The van der Waals surface area contributed by atoms with Crippen molar-refractivity contribution < 1.29 is 9.59 Å². The Morgan fingerprint density at radius 1 is 1.00 bits per heavy atom. The Morgan fingerprint density at radius 3 is 2.04 bits per heavy atom. The van der Waals surface area contributed by atoms with E-state index in [1.54, 1.807) is 0 Å². The van der Waals surface area contributed by atoms with Crippen LogP contribution in [0.3, 0.4) is 0 Å². The lowest BCUT2D eigenvalue weighted by Gasteiger charge is -2.56. The number of carbonyl (C=O) groups is 2. The number of amides is 3. The molecule has 0 aromatic rings. The number of carbonyl (C=O) groups excluding carboxylic acids is 2. The Labute approximate surface area is 157 Å². The molecular formula is C18H28IN3O2. The molecule has 2 N–H and O–H groups in total. The molecule has 0 atom stereocenters. The van der Waals surface area contributed by atoms with Crippen LogP contribution in [0.1, 0.15) is 51.4 Å². The van der Waals surface area contributed by atoms with E-state index < -0.39 is 0 Å². The zero-order chi connectivity index (χ0) is 16.7. The van der Waals surface area contributed by atoms with Gasteiger partial charge in [0.15, 0.2) is 0 Å². The largest absolute Gasteiger partial charge is 0.342 e. The number of piperidine rings is 1. The molecule has 5 fully saturated rings. The first-order valence-corrected chi connectivity index (χ1v) is 11.0. The lowest BCUT2D eigenvalue weighted by Crippen LogP contribution is -2.62. The highest BCUT2D eigenvalue weighted by Gasteiger charge is 2.51. The van der Waals surface area contributed by atoms with Crippen LogP contribution in [0.15, 0.2) is 0 Å². The van der Waals surface area contributed by atoms with Gasteiger partial charge in [-0.05, 0) is 69.1 Å². The van der Waals surface area contributed by atoms with Gasteiger partial charge in [-0.2, -0.15) is 0 Å². The Hall–Kier alpha value is -0.530. The number of urea groups is 1. The van der Waals surface area contributed by atoms with Crippen molar-refractivity contribution in [1.82, 2.24) is 15.5 Å². The summed E-state index contributed by atoms with van der Waals surface area (Å²) in [6, 6.07) is 0.229. The summed E-state index contributed by atoms with van der Waals surface area (Å²) in [5.41, 5.74) is 0.0801. The molecule has 0 unspecified atom stereocenters. The average Bonchev–Trinajstić information content (AvgIpc) is 2.53. The third kappa shape index (κ3) is 3.40. The van der Waals surface area contributed by atoms with Crippen LogP contribution in [-0.2, 0) is 4.79 Å². The van der Waals surface area contributed by atoms with Gasteiger partial charge in [0.1, 0.15) is 0 Å². The summed E-state index contributed by atoms with van der Waals surface area (Å²) in [6.45, 7) is 1.54. The molecular weight excluding hydrogens is 417 g/mol. The number of rotatable bonds is 3. The fraction of sp³-hybridized carbons (Fsp3) is 0.889. The molecule has 0 aromatic heterocycles. The lowest BCUT2D eigenvalue weighted by molar-refractivity contribution is -0.129. The molecule has 5 aliphatic rings. The van der Waals surface area contributed by atoms with E-state index in [1.165, 1.54) is 38.5 Å². The van der Waals surface area contributed by atoms with Gasteiger partial charge in [-0.15, -0.1) is 0 Å². The summed E-state index contributed by atoms with van der Waals surface area (Å²) >= 11 is 2.12. The minimum atomic E-state index is 0.0237. The number of alkyl halides is 1. The first-order valence-electron chi connectivity index (χ1n) is 9.48. The van der Waals surface area contributed by atoms with Gasteiger partial charge in [0.05, 0.1) is 4.43 Å². The zero-order valence-corrected chi connectivity index (χ0v) is 16.4. The number of nitrogens with zero attached hydrogens (tertiary/aromatic N) is 1. The van der Waals surface area contributed by atoms with Crippen molar-refractivity contribution in [1.29, 1.82) is 0 Å². The molecule has 5 nitrogen and oxygen atoms in total. The normalized spacial score (nSPS) is 38.2. The first kappa shape index (κ1) is 16.9. The molecule has 1 saturated heterocycles. The van der Waals surface area contributed by atoms with Crippen LogP contribution in [0.5, 0.6) is 0 Å². The van der Waals surface area contributed by atoms with E-state index >= 15 is 0 Å². The number of nitrogens with one attached hydrogen (secondary N) is 2. The minimum absolute atomic E-state index is 0.0237. The third-order valence-electron chi connectivity index (χ3n) is 6.71. The fourth-order valence-corrected chi connectivity index (χ4v) is 6.57. The van der Waals surface area contributed by atoms with Gasteiger partial charge in [0, 0.05) is 24.7 Å². The molecule has 24 heavy (non-hydrogen) atoms. The average molecular weight is 445 g/mol. The van der Waals surface area contributed by atoms with Crippen LogP contribution in [0.25, 0.3) is 0 Å². The molecule has 1 aliphatic heterocycles. The molecule has 4 saturated carbocycles. The maximum Gasteiger partial charge on any atom is 0.315 e. The van der Waals surface area contributed by atoms with Crippen LogP contribution < -0.4 is 10.6 Å². The summed E-state index contributed by atoms with van der Waals surface area (Å²) < 4.78 is 0.544. The molecule has 0 aromatic carbocycles. The quantitative estimate of drug-likeness (QED) is 0.519. The van der Waals surface area contributed by atoms with Crippen LogP contribution in [0.2, 0.25) is 0 Å². The van der Waals surface area contributed by atoms with Gasteiger partial charge in [-0.25, -0.2) is 4.79 Å². The van der Waals surface area contributed by atoms with Gasteiger partial charge in [-0.1, -0.05) is 22.6 Å². The second-order valence-electron chi connectivity index (χ2n) is 8.59. The monoisotopic (exact) mass is 445 g/mol. The Balaban J connectivity index is 1.28. The summed E-state index contributed by atoms with van der Waals surface area (Å²) in [5, 5.41) is 6.57. The molecule has 6 heteroatoms. The first-order chi connectivity index (χ1) is 11.5. The zero-order valence-electron chi connectivity index (χ0n) is 14.2. The maximum absolute atomic E-state index is 12.6. The second kappa shape index (κ2) is 6.65. The van der Waals surface area contributed by atoms with E-state index in [4.69, 9.17) is 0 Å². The van der Waals surface area contributed by atoms with E-state index in [9.17, 15) is 9.59 Å². The number of halogens is 1. The second-order valence-corrected chi connectivity index (χ2v) is 9.35. The maximum atomic E-state index is 12.6. The van der Waals surface area contributed by atoms with E-state index in [-0.39, 0.29) is 23.5 Å². The van der Waals surface area contributed by atoms with Crippen LogP contribution >= 0.6 is 22.6 Å². The minimum Gasteiger partial charge on any atom is -0.342 e. The standard InChI is InChI=1S/C18H28IN3O2/c19-11-16(23)22-3-1-15(2-4-22)20-17(24)21-18-8-12-5-13(9-18)7-14(6-12)10-18/h12-15H,1-11H2,(H2,20,21,24). The highest BCUT2D eigenvalue weighted by atomic mass is 127. The summed E-state index contributed by atoms with van der Waals surface area (Å²) in [4.78, 5) is 26.2. The van der Waals surface area contributed by atoms with Crippen LogP contribution in [0.4, 0.5) is 4.79 Å². The van der Waals surface area contributed by atoms with Crippen molar-refractivity contribution >= 4 is 34.5 Å². The van der Waals surface area contributed by atoms with Crippen molar-refractivity contribution in [3.05, 3.63) is 0 Å².